The lowest BCUT2D eigenvalue weighted by atomic mass is 10.2. The zero-order chi connectivity index (χ0) is 22.7. The number of imide groups is 1. The molecule has 2 aromatic carbocycles. The van der Waals surface area contributed by atoms with E-state index < -0.39 is 23.0 Å². The average Bonchev–Trinajstić information content (AvgIpc) is 3.34. The van der Waals surface area contributed by atoms with Gasteiger partial charge in [-0.15, -0.1) is 0 Å². The third-order valence-corrected chi connectivity index (χ3v) is 5.59. The lowest BCUT2D eigenvalue weighted by Gasteiger charge is -2.12. The van der Waals surface area contributed by atoms with E-state index in [-0.39, 0.29) is 17.0 Å². The Balaban J connectivity index is 1.50. The van der Waals surface area contributed by atoms with E-state index in [1.165, 1.54) is 12.1 Å². The highest BCUT2D eigenvalue weighted by Crippen LogP contribution is 2.32. The number of amides is 3. The van der Waals surface area contributed by atoms with Gasteiger partial charge in [0.1, 0.15) is 6.54 Å². The molecule has 1 aromatic heterocycles. The highest BCUT2D eigenvalue weighted by Gasteiger charge is 2.36. The number of hydrogen-bond donors (Lipinski definition) is 2. The number of benzene rings is 2. The van der Waals surface area contributed by atoms with Crippen LogP contribution in [0.1, 0.15) is 16.1 Å². The molecule has 2 N–H and O–H groups in total. The molecule has 1 aliphatic heterocycles. The number of aromatic nitrogens is 1. The highest BCUT2D eigenvalue weighted by molar-refractivity contribution is 8.18. The lowest BCUT2D eigenvalue weighted by molar-refractivity contribution is -0.127. The predicted molar refractivity (Wildman–Crippen MR) is 120 cm³/mol. The molecule has 0 aliphatic carbocycles. The average molecular weight is 447 g/mol. The number of nitrogens with one attached hydrogen (secondary N) is 1. The van der Waals surface area contributed by atoms with Gasteiger partial charge in [0.15, 0.2) is 0 Å². The Hall–Kier alpha value is -4.11. The van der Waals surface area contributed by atoms with Gasteiger partial charge in [-0.2, -0.15) is 0 Å². The fraction of sp³-hybridized carbons (Fsp3) is 0.0435. The molecule has 0 spiro atoms. The molecule has 0 unspecified atom stereocenters. The fourth-order valence-corrected chi connectivity index (χ4v) is 3.97. The first-order valence-corrected chi connectivity index (χ1v) is 10.4. The molecule has 32 heavy (non-hydrogen) atoms. The summed E-state index contributed by atoms with van der Waals surface area (Å²) in [4.78, 5) is 49.5. The predicted octanol–water partition coefficient (Wildman–Crippen LogP) is 3.85. The Morgan fingerprint density at radius 2 is 1.69 bits per heavy atom. The first kappa shape index (κ1) is 21.1. The van der Waals surface area contributed by atoms with Crippen molar-refractivity contribution >= 4 is 46.5 Å². The number of carbonyl (C=O) groups is 4. The van der Waals surface area contributed by atoms with E-state index in [0.29, 0.717) is 17.1 Å². The van der Waals surface area contributed by atoms with Crippen LogP contribution < -0.4 is 5.32 Å². The molecule has 1 fully saturated rings. The van der Waals surface area contributed by atoms with Crippen molar-refractivity contribution in [1.82, 2.24) is 9.47 Å². The lowest BCUT2D eigenvalue weighted by Crippen LogP contribution is -2.36. The number of carbonyl (C=O) groups excluding carboxylic acids is 3. The zero-order valence-electron chi connectivity index (χ0n) is 16.6. The second-order valence-electron chi connectivity index (χ2n) is 6.84. The summed E-state index contributed by atoms with van der Waals surface area (Å²) in [6.45, 7) is -0.380. The number of carboxylic acids is 1. The number of rotatable bonds is 6. The van der Waals surface area contributed by atoms with Gasteiger partial charge in [-0.25, -0.2) is 4.79 Å². The van der Waals surface area contributed by atoms with Crippen molar-refractivity contribution in [1.29, 1.82) is 0 Å². The summed E-state index contributed by atoms with van der Waals surface area (Å²) in [5.74, 6) is -2.03. The molecule has 1 aliphatic rings. The van der Waals surface area contributed by atoms with Crippen LogP contribution in [0, 0.1) is 0 Å². The molecular formula is C23H17N3O5S. The number of hydrogen-bond acceptors (Lipinski definition) is 5. The Bertz CT molecular complexity index is 1230. The topological polar surface area (TPSA) is 109 Å². The van der Waals surface area contributed by atoms with Crippen molar-refractivity contribution in [2.45, 2.75) is 0 Å². The van der Waals surface area contributed by atoms with Crippen molar-refractivity contribution in [3.05, 3.63) is 89.1 Å². The maximum Gasteiger partial charge on any atom is 0.335 e. The van der Waals surface area contributed by atoms with Gasteiger partial charge in [-0.1, -0.05) is 18.2 Å². The summed E-state index contributed by atoms with van der Waals surface area (Å²) in [6.07, 6.45) is 3.34. The van der Waals surface area contributed by atoms with E-state index in [9.17, 15) is 19.2 Å². The van der Waals surface area contributed by atoms with Crippen LogP contribution in [0.5, 0.6) is 0 Å². The summed E-state index contributed by atoms with van der Waals surface area (Å²) >= 11 is 0.766. The summed E-state index contributed by atoms with van der Waals surface area (Å²) in [5, 5.41) is 11.2. The zero-order valence-corrected chi connectivity index (χ0v) is 17.4. The molecule has 3 aromatic rings. The second-order valence-corrected chi connectivity index (χ2v) is 7.83. The maximum absolute atomic E-state index is 12.8. The molecule has 9 heteroatoms. The minimum Gasteiger partial charge on any atom is -0.478 e. The Morgan fingerprint density at radius 3 is 2.38 bits per heavy atom. The van der Waals surface area contributed by atoms with Crippen LogP contribution in [0.4, 0.5) is 10.5 Å². The normalized spacial score (nSPS) is 14.8. The summed E-state index contributed by atoms with van der Waals surface area (Å²) in [7, 11) is 0. The first-order valence-electron chi connectivity index (χ1n) is 9.54. The standard InChI is InChI=1S/C23H17N3O5S/c27-20(24-16-5-2-1-3-6-16)14-26-21(28)19(32-23(26)31)13-18-7-4-12-25(18)17-10-8-15(9-11-17)22(29)30/h1-13H,14H2,(H,24,27)(H,29,30)/b19-13-. The van der Waals surface area contributed by atoms with Crippen molar-refractivity contribution in [2.24, 2.45) is 0 Å². The molecule has 1 saturated heterocycles. The van der Waals surface area contributed by atoms with Gasteiger partial charge in [0.25, 0.3) is 11.1 Å². The van der Waals surface area contributed by atoms with Crippen LogP contribution in [0.15, 0.2) is 77.8 Å². The van der Waals surface area contributed by atoms with E-state index in [0.717, 1.165) is 16.7 Å². The van der Waals surface area contributed by atoms with Gasteiger partial charge < -0.3 is 15.0 Å². The van der Waals surface area contributed by atoms with Gasteiger partial charge >= 0.3 is 5.97 Å². The van der Waals surface area contributed by atoms with Crippen molar-refractivity contribution in [2.75, 3.05) is 11.9 Å². The number of nitrogens with zero attached hydrogens (tertiary/aromatic N) is 2. The van der Waals surface area contributed by atoms with Crippen LogP contribution >= 0.6 is 11.8 Å². The van der Waals surface area contributed by atoms with E-state index in [1.807, 2.05) is 6.07 Å². The summed E-state index contributed by atoms with van der Waals surface area (Å²) < 4.78 is 1.77. The molecule has 0 bridgehead atoms. The van der Waals surface area contributed by atoms with E-state index >= 15 is 0 Å². The minimum atomic E-state index is -1.02. The summed E-state index contributed by atoms with van der Waals surface area (Å²) in [6, 6.07) is 18.6. The highest BCUT2D eigenvalue weighted by atomic mass is 32.2. The third kappa shape index (κ3) is 4.47. The van der Waals surface area contributed by atoms with Crippen LogP contribution in [-0.4, -0.2) is 44.1 Å². The van der Waals surface area contributed by atoms with Crippen molar-refractivity contribution in [3.63, 3.8) is 0 Å². The van der Waals surface area contributed by atoms with Crippen LogP contribution in [0.25, 0.3) is 11.8 Å². The monoisotopic (exact) mass is 447 g/mol. The van der Waals surface area contributed by atoms with Crippen LogP contribution in [0.3, 0.4) is 0 Å². The fourth-order valence-electron chi connectivity index (χ4n) is 3.15. The SMILES string of the molecule is O=C(CN1C(=O)S/C(=C\c2cccn2-c2ccc(C(=O)O)cc2)C1=O)Nc1ccccc1. The van der Waals surface area contributed by atoms with Gasteiger partial charge in [0.05, 0.1) is 10.5 Å². The molecule has 0 atom stereocenters. The van der Waals surface area contributed by atoms with Crippen LogP contribution in [-0.2, 0) is 9.59 Å². The number of aromatic carboxylic acids is 1. The number of para-hydroxylation sites is 1. The van der Waals surface area contributed by atoms with Crippen molar-refractivity contribution < 1.29 is 24.3 Å². The third-order valence-electron chi connectivity index (χ3n) is 4.68. The number of thioether (sulfide) groups is 1. The largest absolute Gasteiger partial charge is 0.478 e. The Morgan fingerprint density at radius 1 is 0.969 bits per heavy atom. The number of carboxylic acid groups (broad SMARTS) is 1. The molecule has 8 nitrogen and oxygen atoms in total. The molecular weight excluding hydrogens is 430 g/mol. The van der Waals surface area contributed by atoms with Gasteiger partial charge in [0, 0.05) is 23.3 Å². The first-order chi connectivity index (χ1) is 15.4. The molecule has 0 saturated carbocycles. The van der Waals surface area contributed by atoms with Crippen molar-refractivity contribution in [3.8, 4) is 5.69 Å². The Labute approximate surface area is 187 Å². The van der Waals surface area contributed by atoms with E-state index in [4.69, 9.17) is 5.11 Å². The van der Waals surface area contributed by atoms with E-state index in [1.54, 1.807) is 65.4 Å². The van der Waals surface area contributed by atoms with Crippen LogP contribution in [0.2, 0.25) is 0 Å². The second kappa shape index (κ2) is 8.94. The maximum atomic E-state index is 12.8. The molecule has 2 heterocycles. The smallest absolute Gasteiger partial charge is 0.335 e. The van der Waals surface area contributed by atoms with Gasteiger partial charge in [0.2, 0.25) is 5.91 Å². The Kier molecular flexibility index (Phi) is 5.91. The summed E-state index contributed by atoms with van der Waals surface area (Å²) in [5.41, 5.74) is 2.07. The molecule has 160 valence electrons. The minimum absolute atomic E-state index is 0.164. The van der Waals surface area contributed by atoms with Gasteiger partial charge in [-0.05, 0) is 66.4 Å². The molecule has 0 radical (unpaired) electrons. The number of anilines is 1. The van der Waals surface area contributed by atoms with Gasteiger partial charge in [-0.3, -0.25) is 19.3 Å². The quantitative estimate of drug-likeness (QED) is 0.556. The molecule has 3 amide bonds. The molecule has 4 rings (SSSR count). The van der Waals surface area contributed by atoms with E-state index in [2.05, 4.69) is 5.32 Å².